The highest BCUT2D eigenvalue weighted by atomic mass is 16.3. The van der Waals surface area contributed by atoms with Gasteiger partial charge in [-0.05, 0) is 51.6 Å². The number of rotatable bonds is 4. The van der Waals surface area contributed by atoms with Crippen LogP contribution in [0.5, 0.6) is 0 Å². The van der Waals surface area contributed by atoms with Gasteiger partial charge in [-0.2, -0.15) is 0 Å². The molecule has 11 rings (SSSR count). The van der Waals surface area contributed by atoms with Crippen molar-refractivity contribution in [3.05, 3.63) is 164 Å². The Balaban J connectivity index is 1.25. The molecule has 52 heavy (non-hydrogen) atoms. The van der Waals surface area contributed by atoms with Crippen molar-refractivity contribution in [2.75, 3.05) is 0 Å². The van der Waals surface area contributed by atoms with Gasteiger partial charge in [0.05, 0.1) is 0 Å². The maximum absolute atomic E-state index is 6.67. The van der Waals surface area contributed by atoms with Gasteiger partial charge in [0.15, 0.2) is 17.5 Å². The van der Waals surface area contributed by atoms with Gasteiger partial charge in [-0.1, -0.05) is 140 Å². The lowest BCUT2D eigenvalue weighted by atomic mass is 9.95. The quantitative estimate of drug-likeness (QED) is 0.187. The van der Waals surface area contributed by atoms with E-state index in [-0.39, 0.29) is 0 Å². The van der Waals surface area contributed by atoms with Gasteiger partial charge in [0, 0.05) is 43.6 Å². The summed E-state index contributed by atoms with van der Waals surface area (Å²) in [4.78, 5) is 15.9. The topological polar surface area (TPSA) is 65.0 Å². The van der Waals surface area contributed by atoms with E-state index in [0.29, 0.717) is 17.5 Å². The molecule has 0 atom stereocenters. The van der Waals surface area contributed by atoms with E-state index in [2.05, 4.69) is 121 Å². The second kappa shape index (κ2) is 11.2. The van der Waals surface area contributed by atoms with Crippen LogP contribution in [-0.4, -0.2) is 15.0 Å². The molecule has 0 aliphatic carbocycles. The van der Waals surface area contributed by atoms with Crippen molar-refractivity contribution >= 4 is 65.4 Å². The highest BCUT2D eigenvalue weighted by Gasteiger charge is 2.22. The fraction of sp³-hybridized carbons (Fsp3) is 0. The molecule has 0 bridgehead atoms. The first kappa shape index (κ1) is 28.7. The molecule has 0 radical (unpaired) electrons. The van der Waals surface area contributed by atoms with Gasteiger partial charge < -0.3 is 8.83 Å². The Morgan fingerprint density at radius 2 is 0.865 bits per heavy atom. The smallest absolute Gasteiger partial charge is 0.164 e. The Hall–Kier alpha value is -7.11. The van der Waals surface area contributed by atoms with Crippen LogP contribution in [0, 0.1) is 0 Å². The molecule has 11 aromatic rings. The summed E-state index contributed by atoms with van der Waals surface area (Å²) in [6.07, 6.45) is 0. The van der Waals surface area contributed by atoms with E-state index in [1.165, 1.54) is 0 Å². The number of benzene rings is 8. The van der Waals surface area contributed by atoms with Crippen LogP contribution in [0.3, 0.4) is 0 Å². The average molecular weight is 666 g/mol. The maximum atomic E-state index is 6.67. The van der Waals surface area contributed by atoms with Crippen molar-refractivity contribution in [2.45, 2.75) is 0 Å². The van der Waals surface area contributed by atoms with Gasteiger partial charge in [0.25, 0.3) is 0 Å². The lowest BCUT2D eigenvalue weighted by molar-refractivity contribution is 0.669. The molecule has 0 saturated heterocycles. The second-order valence-corrected chi connectivity index (χ2v) is 13.1. The van der Waals surface area contributed by atoms with E-state index < -0.39 is 0 Å². The standard InChI is InChI=1S/C47H27N3O2/c1-2-13-29(14-3-1)31-21-11-26-41-42(31)38-27-37(32-18-6-7-19-33(32)44(38)52-41)47-49-45(34-22-10-16-28-15-4-5-17-30(28)34)48-46(50-47)36-23-12-25-40-43(36)35-20-8-9-24-39(35)51-40/h1-27H. The van der Waals surface area contributed by atoms with Gasteiger partial charge >= 0.3 is 0 Å². The predicted octanol–water partition coefficient (Wildman–Crippen LogP) is 12.6. The van der Waals surface area contributed by atoms with Crippen LogP contribution < -0.4 is 0 Å². The Morgan fingerprint density at radius 3 is 1.69 bits per heavy atom. The molecule has 0 saturated carbocycles. The molecule has 0 spiro atoms. The first-order valence-corrected chi connectivity index (χ1v) is 17.4. The van der Waals surface area contributed by atoms with E-state index in [1.54, 1.807) is 0 Å². The van der Waals surface area contributed by atoms with Gasteiger partial charge in [0.1, 0.15) is 22.3 Å². The Bertz CT molecular complexity index is 3190. The zero-order valence-corrected chi connectivity index (χ0v) is 27.7. The van der Waals surface area contributed by atoms with Crippen LogP contribution in [0.2, 0.25) is 0 Å². The Morgan fingerprint density at radius 1 is 0.327 bits per heavy atom. The third-order valence-corrected chi connectivity index (χ3v) is 10.1. The number of para-hydroxylation sites is 1. The normalized spacial score (nSPS) is 11.8. The molecule has 3 heterocycles. The maximum Gasteiger partial charge on any atom is 0.164 e. The Labute approximate surface area is 297 Å². The summed E-state index contributed by atoms with van der Waals surface area (Å²) in [5.74, 6) is 1.77. The molecule has 5 heteroatoms. The SMILES string of the molecule is c1ccc(-c2cccc3oc4c5ccccc5c(-c5nc(-c6cccc7ccccc67)nc(-c6cccc7oc8ccccc8c67)n5)cc4c23)cc1. The van der Waals surface area contributed by atoms with Crippen LogP contribution in [0.4, 0.5) is 0 Å². The van der Waals surface area contributed by atoms with Gasteiger partial charge in [-0.25, -0.2) is 15.0 Å². The molecule has 0 N–H and O–H groups in total. The summed E-state index contributed by atoms with van der Waals surface area (Å²) in [5.41, 5.74) is 8.28. The first-order valence-electron chi connectivity index (χ1n) is 17.4. The zero-order chi connectivity index (χ0) is 34.2. The number of furan rings is 2. The van der Waals surface area contributed by atoms with Crippen LogP contribution in [0.1, 0.15) is 0 Å². The molecule has 3 aromatic heterocycles. The minimum atomic E-state index is 0.580. The Kier molecular flexibility index (Phi) is 6.18. The van der Waals surface area contributed by atoms with Gasteiger partial charge in [-0.15, -0.1) is 0 Å². The van der Waals surface area contributed by atoms with Crippen molar-refractivity contribution in [3.8, 4) is 45.3 Å². The van der Waals surface area contributed by atoms with Crippen molar-refractivity contribution in [3.63, 3.8) is 0 Å². The number of fused-ring (bicyclic) bond motifs is 9. The van der Waals surface area contributed by atoms with E-state index in [4.69, 9.17) is 23.8 Å². The van der Waals surface area contributed by atoms with E-state index in [9.17, 15) is 0 Å². The third kappa shape index (κ3) is 4.33. The van der Waals surface area contributed by atoms with E-state index in [1.807, 2.05) is 42.5 Å². The molecule has 0 aliphatic heterocycles. The minimum absolute atomic E-state index is 0.580. The monoisotopic (exact) mass is 665 g/mol. The van der Waals surface area contributed by atoms with Crippen molar-refractivity contribution < 1.29 is 8.83 Å². The number of hydrogen-bond acceptors (Lipinski definition) is 5. The van der Waals surface area contributed by atoms with E-state index >= 15 is 0 Å². The van der Waals surface area contributed by atoms with Crippen LogP contribution in [0.15, 0.2) is 173 Å². The first-order chi connectivity index (χ1) is 25.8. The van der Waals surface area contributed by atoms with Crippen molar-refractivity contribution in [1.29, 1.82) is 0 Å². The van der Waals surface area contributed by atoms with E-state index in [0.717, 1.165) is 93.2 Å². The number of nitrogens with zero attached hydrogens (tertiary/aromatic N) is 3. The fourth-order valence-corrected chi connectivity index (χ4v) is 7.81. The van der Waals surface area contributed by atoms with Crippen LogP contribution >= 0.6 is 0 Å². The average Bonchev–Trinajstić information content (AvgIpc) is 3.79. The number of aromatic nitrogens is 3. The summed E-state index contributed by atoms with van der Waals surface area (Å²) in [7, 11) is 0. The number of hydrogen-bond donors (Lipinski definition) is 0. The molecule has 8 aromatic carbocycles. The van der Waals surface area contributed by atoms with Gasteiger partial charge in [0.2, 0.25) is 0 Å². The summed E-state index contributed by atoms with van der Waals surface area (Å²) >= 11 is 0. The largest absolute Gasteiger partial charge is 0.456 e. The third-order valence-electron chi connectivity index (χ3n) is 10.1. The molecule has 0 fully saturated rings. The lowest BCUT2D eigenvalue weighted by Gasteiger charge is -2.12. The molecule has 0 aliphatic rings. The fourth-order valence-electron chi connectivity index (χ4n) is 7.81. The molecule has 242 valence electrons. The highest BCUT2D eigenvalue weighted by Crippen LogP contribution is 2.43. The molecule has 0 unspecified atom stereocenters. The van der Waals surface area contributed by atoms with Gasteiger partial charge in [-0.3, -0.25) is 0 Å². The second-order valence-electron chi connectivity index (χ2n) is 13.1. The minimum Gasteiger partial charge on any atom is -0.456 e. The van der Waals surface area contributed by atoms with Crippen LogP contribution in [0.25, 0.3) is 111 Å². The summed E-state index contributed by atoms with van der Waals surface area (Å²) < 4.78 is 13.0. The molecule has 0 amide bonds. The molecule has 5 nitrogen and oxygen atoms in total. The molecular formula is C47H27N3O2. The summed E-state index contributed by atoms with van der Waals surface area (Å²) in [5, 5.41) is 8.28. The zero-order valence-electron chi connectivity index (χ0n) is 27.7. The lowest BCUT2D eigenvalue weighted by Crippen LogP contribution is -2.01. The van der Waals surface area contributed by atoms with Crippen molar-refractivity contribution in [1.82, 2.24) is 15.0 Å². The van der Waals surface area contributed by atoms with Crippen molar-refractivity contribution in [2.24, 2.45) is 0 Å². The van der Waals surface area contributed by atoms with Crippen LogP contribution in [-0.2, 0) is 0 Å². The highest BCUT2D eigenvalue weighted by molar-refractivity contribution is 6.22. The summed E-state index contributed by atoms with van der Waals surface area (Å²) in [6.45, 7) is 0. The molecular weight excluding hydrogens is 639 g/mol. The predicted molar refractivity (Wildman–Crippen MR) is 211 cm³/mol. The summed E-state index contributed by atoms with van der Waals surface area (Å²) in [6, 6.07) is 56.2.